The summed E-state index contributed by atoms with van der Waals surface area (Å²) >= 11 is 0. The van der Waals surface area contributed by atoms with Crippen molar-refractivity contribution in [3.05, 3.63) is 35.1 Å². The average Bonchev–Trinajstić information content (AvgIpc) is 2.30. The van der Waals surface area contributed by atoms with Crippen LogP contribution in [0.3, 0.4) is 0 Å². The third-order valence-corrected chi connectivity index (χ3v) is 2.53. The smallest absolute Gasteiger partial charge is 0.328 e. The topological polar surface area (TPSA) is 55.4 Å². The second kappa shape index (κ2) is 6.03. The van der Waals surface area contributed by atoms with Gasteiger partial charge in [0.15, 0.2) is 0 Å². The molecule has 4 nitrogen and oxygen atoms in total. The highest BCUT2D eigenvalue weighted by Crippen LogP contribution is 2.11. The molecular formula is C15H20FNO3. The Bertz CT molecular complexity index is 520. The molecule has 1 aromatic carbocycles. The first kappa shape index (κ1) is 16.1. The summed E-state index contributed by atoms with van der Waals surface area (Å²) in [6, 6.07) is 3.26. The number of hydrogen-bond donors (Lipinski definition) is 1. The molecule has 0 aliphatic rings. The van der Waals surface area contributed by atoms with Gasteiger partial charge in [-0.2, -0.15) is 0 Å². The number of carbonyl (C=O) groups excluding carboxylic acids is 2. The van der Waals surface area contributed by atoms with Crippen LogP contribution in [0.4, 0.5) is 4.39 Å². The van der Waals surface area contributed by atoms with E-state index in [4.69, 9.17) is 4.74 Å². The number of hydrogen-bond acceptors (Lipinski definition) is 3. The number of esters is 1. The number of benzene rings is 1. The maximum absolute atomic E-state index is 13.1. The molecule has 1 amide bonds. The fraction of sp³-hybridized carbons (Fsp3) is 0.467. The van der Waals surface area contributed by atoms with Gasteiger partial charge < -0.3 is 10.1 Å². The van der Waals surface area contributed by atoms with Crippen molar-refractivity contribution in [2.45, 2.75) is 46.3 Å². The predicted octanol–water partition coefficient (Wildman–Crippen LogP) is 2.59. The molecule has 0 aromatic heterocycles. The molecule has 1 aromatic rings. The number of nitrogens with one attached hydrogen (secondary N) is 1. The second-order valence-corrected chi connectivity index (χ2v) is 5.69. The number of halogens is 1. The summed E-state index contributed by atoms with van der Waals surface area (Å²) in [7, 11) is 0. The van der Waals surface area contributed by atoms with Gasteiger partial charge in [0, 0.05) is 5.56 Å². The van der Waals surface area contributed by atoms with E-state index in [1.807, 2.05) is 0 Å². The van der Waals surface area contributed by atoms with Crippen molar-refractivity contribution in [2.75, 3.05) is 0 Å². The van der Waals surface area contributed by atoms with Crippen LogP contribution < -0.4 is 5.32 Å². The van der Waals surface area contributed by atoms with E-state index in [0.29, 0.717) is 11.1 Å². The summed E-state index contributed by atoms with van der Waals surface area (Å²) in [4.78, 5) is 23.7. The minimum Gasteiger partial charge on any atom is -0.458 e. The molecule has 1 rings (SSSR count). The number of carbonyl (C=O) groups is 2. The molecule has 110 valence electrons. The van der Waals surface area contributed by atoms with E-state index >= 15 is 0 Å². The van der Waals surface area contributed by atoms with Gasteiger partial charge in [0.1, 0.15) is 17.5 Å². The Morgan fingerprint density at radius 1 is 1.30 bits per heavy atom. The lowest BCUT2D eigenvalue weighted by molar-refractivity contribution is -0.156. The summed E-state index contributed by atoms with van der Waals surface area (Å²) in [5.41, 5.74) is 0.0737. The maximum Gasteiger partial charge on any atom is 0.328 e. The van der Waals surface area contributed by atoms with Crippen LogP contribution in [0.2, 0.25) is 0 Å². The molecule has 1 N–H and O–H groups in total. The summed E-state index contributed by atoms with van der Waals surface area (Å²) in [6.07, 6.45) is 0. The summed E-state index contributed by atoms with van der Waals surface area (Å²) < 4.78 is 18.3. The van der Waals surface area contributed by atoms with Crippen LogP contribution in [0.25, 0.3) is 0 Å². The molecule has 0 spiro atoms. The molecule has 20 heavy (non-hydrogen) atoms. The molecule has 0 saturated heterocycles. The molecule has 0 bridgehead atoms. The van der Waals surface area contributed by atoms with E-state index < -0.39 is 23.5 Å². The van der Waals surface area contributed by atoms with Crippen molar-refractivity contribution in [2.24, 2.45) is 0 Å². The lowest BCUT2D eigenvalue weighted by Crippen LogP contribution is -2.42. The van der Waals surface area contributed by atoms with E-state index in [9.17, 15) is 14.0 Å². The molecular weight excluding hydrogens is 261 g/mol. The molecule has 0 fully saturated rings. The summed E-state index contributed by atoms with van der Waals surface area (Å²) in [5.74, 6) is -1.32. The monoisotopic (exact) mass is 281 g/mol. The first-order chi connectivity index (χ1) is 9.10. The first-order valence-electron chi connectivity index (χ1n) is 6.40. The van der Waals surface area contributed by atoms with Crippen LogP contribution in [0.15, 0.2) is 18.2 Å². The molecule has 0 heterocycles. The SMILES string of the molecule is Cc1cc(C(=O)N[C@H](C)C(=O)OC(C)(C)C)ccc1F. The lowest BCUT2D eigenvalue weighted by Gasteiger charge is -2.22. The van der Waals surface area contributed by atoms with E-state index in [2.05, 4.69) is 5.32 Å². The predicted molar refractivity (Wildman–Crippen MR) is 73.9 cm³/mol. The minimum atomic E-state index is -0.771. The van der Waals surface area contributed by atoms with Crippen LogP contribution in [-0.4, -0.2) is 23.5 Å². The highest BCUT2D eigenvalue weighted by atomic mass is 19.1. The van der Waals surface area contributed by atoms with Gasteiger partial charge in [-0.1, -0.05) is 0 Å². The Hall–Kier alpha value is -1.91. The zero-order chi connectivity index (χ0) is 15.5. The Labute approximate surface area is 118 Å². The van der Waals surface area contributed by atoms with Crippen molar-refractivity contribution >= 4 is 11.9 Å². The molecule has 0 unspecified atom stereocenters. The highest BCUT2D eigenvalue weighted by molar-refractivity contribution is 5.96. The van der Waals surface area contributed by atoms with Gasteiger partial charge in [0.2, 0.25) is 0 Å². The first-order valence-corrected chi connectivity index (χ1v) is 6.40. The Morgan fingerprint density at radius 3 is 2.40 bits per heavy atom. The van der Waals surface area contributed by atoms with Gasteiger partial charge in [-0.3, -0.25) is 4.79 Å². The van der Waals surface area contributed by atoms with Crippen LogP contribution in [0.5, 0.6) is 0 Å². The van der Waals surface area contributed by atoms with Gasteiger partial charge in [-0.05, 0) is 58.4 Å². The summed E-state index contributed by atoms with van der Waals surface area (Å²) in [6.45, 7) is 8.38. The van der Waals surface area contributed by atoms with Crippen LogP contribution in [0.1, 0.15) is 43.6 Å². The average molecular weight is 281 g/mol. The van der Waals surface area contributed by atoms with Crippen molar-refractivity contribution in [3.8, 4) is 0 Å². The number of rotatable bonds is 3. The van der Waals surface area contributed by atoms with Crippen LogP contribution in [0, 0.1) is 12.7 Å². The van der Waals surface area contributed by atoms with Crippen molar-refractivity contribution in [3.63, 3.8) is 0 Å². The number of ether oxygens (including phenoxy) is 1. The number of amides is 1. The van der Waals surface area contributed by atoms with Gasteiger partial charge in [-0.15, -0.1) is 0 Å². The zero-order valence-corrected chi connectivity index (χ0v) is 12.4. The fourth-order valence-electron chi connectivity index (χ4n) is 1.51. The molecule has 1 atom stereocenters. The standard InChI is InChI=1S/C15H20FNO3/c1-9-8-11(6-7-12(9)16)13(18)17-10(2)14(19)20-15(3,4)5/h6-8,10H,1-5H3,(H,17,18)/t10-/m1/s1. The molecule has 0 aliphatic heterocycles. The number of aryl methyl sites for hydroxylation is 1. The lowest BCUT2D eigenvalue weighted by atomic mass is 10.1. The fourth-order valence-corrected chi connectivity index (χ4v) is 1.51. The van der Waals surface area contributed by atoms with Crippen molar-refractivity contribution in [1.29, 1.82) is 0 Å². The van der Waals surface area contributed by atoms with Gasteiger partial charge in [0.25, 0.3) is 5.91 Å². The Balaban J connectivity index is 2.70. The zero-order valence-electron chi connectivity index (χ0n) is 12.4. The normalized spacial score (nSPS) is 12.7. The van der Waals surface area contributed by atoms with E-state index in [1.54, 1.807) is 34.6 Å². The van der Waals surface area contributed by atoms with E-state index in [-0.39, 0.29) is 5.82 Å². The van der Waals surface area contributed by atoms with Gasteiger partial charge in [0.05, 0.1) is 0 Å². The molecule has 5 heteroatoms. The van der Waals surface area contributed by atoms with Crippen molar-refractivity contribution in [1.82, 2.24) is 5.32 Å². The van der Waals surface area contributed by atoms with E-state index in [0.717, 1.165) is 0 Å². The van der Waals surface area contributed by atoms with Gasteiger partial charge >= 0.3 is 5.97 Å². The van der Waals surface area contributed by atoms with E-state index in [1.165, 1.54) is 18.2 Å². The quantitative estimate of drug-likeness (QED) is 0.866. The molecule has 0 radical (unpaired) electrons. The molecule has 0 aliphatic carbocycles. The third kappa shape index (κ3) is 4.64. The summed E-state index contributed by atoms with van der Waals surface area (Å²) in [5, 5.41) is 2.53. The Morgan fingerprint density at radius 2 is 1.90 bits per heavy atom. The third-order valence-electron chi connectivity index (χ3n) is 2.53. The maximum atomic E-state index is 13.1. The van der Waals surface area contributed by atoms with Crippen molar-refractivity contribution < 1.29 is 18.7 Å². The largest absolute Gasteiger partial charge is 0.458 e. The minimum absolute atomic E-state index is 0.305. The van der Waals surface area contributed by atoms with Crippen LogP contribution >= 0.6 is 0 Å². The highest BCUT2D eigenvalue weighted by Gasteiger charge is 2.23. The Kier molecular flexibility index (Phi) is 4.87. The van der Waals surface area contributed by atoms with Gasteiger partial charge in [-0.25, -0.2) is 9.18 Å². The second-order valence-electron chi connectivity index (χ2n) is 5.69. The molecule has 0 saturated carbocycles. The van der Waals surface area contributed by atoms with Crippen LogP contribution in [-0.2, 0) is 9.53 Å².